The van der Waals surface area contributed by atoms with E-state index in [9.17, 15) is 13.2 Å². The minimum atomic E-state index is -4.30. The van der Waals surface area contributed by atoms with Crippen molar-refractivity contribution in [2.75, 3.05) is 13.6 Å². The summed E-state index contributed by atoms with van der Waals surface area (Å²) in [4.78, 5) is 11.8. The van der Waals surface area contributed by atoms with Crippen LogP contribution in [-0.4, -0.2) is 89.0 Å². The van der Waals surface area contributed by atoms with E-state index in [1.807, 2.05) is 0 Å². The van der Waals surface area contributed by atoms with Crippen LogP contribution in [0, 0.1) is 0 Å². The molecule has 0 spiro atoms. The number of carbonyl (C=O) groups is 1. The van der Waals surface area contributed by atoms with Gasteiger partial charge in [-0.25, -0.2) is 0 Å². The number of hydrogen-bond acceptors (Lipinski definition) is 4. The van der Waals surface area contributed by atoms with Gasteiger partial charge in [-0.1, -0.05) is 58.3 Å². The molecule has 0 radical (unpaired) electrons. The average Bonchev–Trinajstić information content (AvgIpc) is 2.41. The Morgan fingerprint density at radius 2 is 1.45 bits per heavy atom. The number of rotatable bonds is 14. The molecule has 0 amide bonds. The van der Waals surface area contributed by atoms with Crippen molar-refractivity contribution in [3.63, 3.8) is 0 Å². The Labute approximate surface area is 178 Å². The molecule has 128 valence electrons. The first-order valence-electron chi connectivity index (χ1n) is 8.07. The third-order valence-corrected chi connectivity index (χ3v) is 4.78. The standard InChI is InChI=1S/C15H31NO4S.K.H/c1-3-4-5-6-7-8-9-10-11-12-14(17)15(13-16-2)21(18,19)20;;/h15-16H,3-13H2,1-2H3,(H,18,19,20);;. The normalized spacial score (nSPS) is 12.7. The van der Waals surface area contributed by atoms with Crippen molar-refractivity contribution in [3.05, 3.63) is 0 Å². The van der Waals surface area contributed by atoms with Crippen LogP contribution in [0.5, 0.6) is 0 Å². The molecule has 7 heteroatoms. The maximum absolute atomic E-state index is 11.8. The Morgan fingerprint density at radius 3 is 1.86 bits per heavy atom. The van der Waals surface area contributed by atoms with Crippen molar-refractivity contribution in [1.29, 1.82) is 0 Å². The van der Waals surface area contributed by atoms with Gasteiger partial charge in [0.1, 0.15) is 0 Å². The first kappa shape index (κ1) is 25.4. The third-order valence-electron chi connectivity index (χ3n) is 3.63. The van der Waals surface area contributed by atoms with Gasteiger partial charge in [-0.15, -0.1) is 0 Å². The quantitative estimate of drug-likeness (QED) is 0.282. The van der Waals surface area contributed by atoms with E-state index >= 15 is 0 Å². The van der Waals surface area contributed by atoms with Gasteiger partial charge >= 0.3 is 51.4 Å². The van der Waals surface area contributed by atoms with Crippen LogP contribution in [0.4, 0.5) is 0 Å². The van der Waals surface area contributed by atoms with Gasteiger partial charge in [0, 0.05) is 13.0 Å². The molecular weight excluding hydrogens is 329 g/mol. The number of ketones is 1. The zero-order chi connectivity index (χ0) is 16.1. The van der Waals surface area contributed by atoms with Crippen LogP contribution in [0.3, 0.4) is 0 Å². The SMILES string of the molecule is CCCCCCCCCCCC(=O)C(CNC)S(=O)(=O)O.[KH]. The molecule has 0 saturated heterocycles. The molecule has 0 aliphatic heterocycles. The molecule has 0 heterocycles. The molecule has 0 fully saturated rings. The van der Waals surface area contributed by atoms with Crippen molar-refractivity contribution < 1.29 is 17.8 Å². The van der Waals surface area contributed by atoms with E-state index in [1.165, 1.54) is 38.5 Å². The van der Waals surface area contributed by atoms with E-state index in [1.54, 1.807) is 7.05 Å². The van der Waals surface area contributed by atoms with E-state index < -0.39 is 21.2 Å². The molecule has 0 aromatic carbocycles. The molecule has 0 aromatic heterocycles. The van der Waals surface area contributed by atoms with Crippen molar-refractivity contribution in [3.8, 4) is 0 Å². The monoisotopic (exact) mass is 361 g/mol. The minimum absolute atomic E-state index is 0. The van der Waals surface area contributed by atoms with Gasteiger partial charge in [0.05, 0.1) is 0 Å². The summed E-state index contributed by atoms with van der Waals surface area (Å²) in [5, 5.41) is 1.31. The molecule has 2 N–H and O–H groups in total. The predicted octanol–water partition coefficient (Wildman–Crippen LogP) is 2.30. The Morgan fingerprint density at radius 1 is 1.00 bits per heavy atom. The molecule has 0 aliphatic rings. The number of nitrogens with one attached hydrogen (secondary N) is 1. The molecule has 22 heavy (non-hydrogen) atoms. The van der Waals surface area contributed by atoms with Gasteiger partial charge in [-0.05, 0) is 13.5 Å². The summed E-state index contributed by atoms with van der Waals surface area (Å²) in [6, 6.07) is 0. The van der Waals surface area contributed by atoms with Gasteiger partial charge in [0.2, 0.25) is 0 Å². The number of Topliss-reactive ketones (excluding diaryl/α,β-unsaturated/α-hetero) is 1. The van der Waals surface area contributed by atoms with Gasteiger partial charge in [0.15, 0.2) is 11.0 Å². The molecule has 1 atom stereocenters. The maximum atomic E-state index is 11.8. The fourth-order valence-electron chi connectivity index (χ4n) is 2.34. The van der Waals surface area contributed by atoms with E-state index in [0.29, 0.717) is 6.42 Å². The van der Waals surface area contributed by atoms with Crippen LogP contribution < -0.4 is 5.32 Å². The van der Waals surface area contributed by atoms with Crippen molar-refractivity contribution >= 4 is 67.3 Å². The van der Waals surface area contributed by atoms with Crippen LogP contribution in [0.25, 0.3) is 0 Å². The number of hydrogen-bond donors (Lipinski definition) is 2. The molecule has 0 bridgehead atoms. The third kappa shape index (κ3) is 13.6. The zero-order valence-electron chi connectivity index (χ0n) is 13.4. The van der Waals surface area contributed by atoms with Crippen molar-refractivity contribution in [2.24, 2.45) is 0 Å². The first-order chi connectivity index (χ1) is 9.93. The van der Waals surface area contributed by atoms with Crippen LogP contribution >= 0.6 is 0 Å². The Balaban J connectivity index is 0. The molecular formula is C15H32KNO4S. The summed E-state index contributed by atoms with van der Waals surface area (Å²) in [6.07, 6.45) is 10.5. The zero-order valence-corrected chi connectivity index (χ0v) is 14.3. The van der Waals surface area contributed by atoms with Gasteiger partial charge < -0.3 is 5.32 Å². The second-order valence-electron chi connectivity index (χ2n) is 5.61. The molecule has 0 aromatic rings. The fourth-order valence-corrected chi connectivity index (χ4v) is 3.17. The Hall–Kier alpha value is 1.18. The molecule has 0 rings (SSSR count). The van der Waals surface area contributed by atoms with E-state index in [0.717, 1.165) is 12.8 Å². The topological polar surface area (TPSA) is 83.5 Å². The summed E-state index contributed by atoms with van der Waals surface area (Å²) in [5.41, 5.74) is 0. The first-order valence-corrected chi connectivity index (χ1v) is 9.57. The second kappa shape index (κ2) is 15.7. The van der Waals surface area contributed by atoms with E-state index in [-0.39, 0.29) is 64.4 Å². The summed E-state index contributed by atoms with van der Waals surface area (Å²) in [5.74, 6) is -0.394. The van der Waals surface area contributed by atoms with E-state index in [2.05, 4.69) is 12.2 Å². The number of carbonyl (C=O) groups excluding carboxylic acids is 1. The molecule has 0 saturated carbocycles. The van der Waals surface area contributed by atoms with Crippen molar-refractivity contribution in [2.45, 2.75) is 76.4 Å². The predicted molar refractivity (Wildman–Crippen MR) is 93.3 cm³/mol. The number of unbranched alkanes of at least 4 members (excludes halogenated alkanes) is 8. The molecule has 1 unspecified atom stereocenters. The summed E-state index contributed by atoms with van der Waals surface area (Å²) < 4.78 is 31.3. The van der Waals surface area contributed by atoms with Crippen LogP contribution in [0.15, 0.2) is 0 Å². The van der Waals surface area contributed by atoms with Crippen LogP contribution in [-0.2, 0) is 14.9 Å². The molecule has 0 aliphatic carbocycles. The van der Waals surface area contributed by atoms with Gasteiger partial charge in [0.25, 0.3) is 10.1 Å². The Kier molecular flexibility index (Phi) is 18.1. The van der Waals surface area contributed by atoms with E-state index in [4.69, 9.17) is 4.55 Å². The second-order valence-corrected chi connectivity index (χ2v) is 7.21. The Bertz CT molecular complexity index is 374. The molecule has 5 nitrogen and oxygen atoms in total. The summed E-state index contributed by atoms with van der Waals surface area (Å²) >= 11 is 0. The fraction of sp³-hybridized carbons (Fsp3) is 0.933. The summed E-state index contributed by atoms with van der Waals surface area (Å²) in [6.45, 7) is 2.17. The van der Waals surface area contributed by atoms with Crippen LogP contribution in [0.1, 0.15) is 71.1 Å². The van der Waals surface area contributed by atoms with Gasteiger partial charge in [-0.3, -0.25) is 9.35 Å². The summed E-state index contributed by atoms with van der Waals surface area (Å²) in [7, 11) is -2.74. The average molecular weight is 362 g/mol. The van der Waals surface area contributed by atoms with Gasteiger partial charge in [-0.2, -0.15) is 8.42 Å². The van der Waals surface area contributed by atoms with Crippen LogP contribution in [0.2, 0.25) is 0 Å². The van der Waals surface area contributed by atoms with Crippen molar-refractivity contribution in [1.82, 2.24) is 5.32 Å².